The zero-order chi connectivity index (χ0) is 19.2. The molecule has 1 fully saturated rings. The molecule has 0 unspecified atom stereocenters. The van der Waals surface area contributed by atoms with Gasteiger partial charge in [-0.05, 0) is 37.0 Å². The summed E-state index contributed by atoms with van der Waals surface area (Å²) in [6.07, 6.45) is 8.95. The van der Waals surface area contributed by atoms with Gasteiger partial charge in [0.1, 0.15) is 5.82 Å². The second kappa shape index (κ2) is 8.69. The molecule has 1 N–H and O–H groups in total. The molecule has 0 saturated carbocycles. The van der Waals surface area contributed by atoms with Crippen LogP contribution in [0.1, 0.15) is 40.7 Å². The molecule has 6 nitrogen and oxygen atoms in total. The van der Waals surface area contributed by atoms with Crippen molar-refractivity contribution in [3.63, 3.8) is 0 Å². The molecular formula is C22H25N5O. The van der Waals surface area contributed by atoms with Crippen molar-refractivity contribution in [3.8, 4) is 0 Å². The molecule has 6 heteroatoms. The highest BCUT2D eigenvalue weighted by molar-refractivity contribution is 5.98. The summed E-state index contributed by atoms with van der Waals surface area (Å²) in [6, 6.07) is 13.9. The minimum atomic E-state index is 0.0649. The molecule has 1 aromatic carbocycles. The van der Waals surface area contributed by atoms with Crippen LogP contribution in [0.2, 0.25) is 0 Å². The van der Waals surface area contributed by atoms with Crippen molar-refractivity contribution in [3.05, 3.63) is 77.7 Å². The Kier molecular flexibility index (Phi) is 5.66. The standard InChI is InChI=1S/C22H25N5O/c28-22(26-12-5-2-6-13-26)20-10-7-11-23-21(20)24-14-19-15-25-27(17-19)16-18-8-3-1-4-9-18/h1,3-4,7-11,15,17H,2,5-6,12-14,16H2,(H,23,24). The number of piperidine rings is 1. The minimum absolute atomic E-state index is 0.0649. The summed E-state index contributed by atoms with van der Waals surface area (Å²) >= 11 is 0. The molecule has 4 rings (SSSR count). The van der Waals surface area contributed by atoms with Crippen molar-refractivity contribution in [2.75, 3.05) is 18.4 Å². The number of rotatable bonds is 6. The van der Waals surface area contributed by atoms with Crippen molar-refractivity contribution in [1.29, 1.82) is 0 Å². The van der Waals surface area contributed by atoms with E-state index in [4.69, 9.17) is 0 Å². The Morgan fingerprint density at radius 3 is 2.64 bits per heavy atom. The zero-order valence-corrected chi connectivity index (χ0v) is 15.9. The number of hydrogen-bond donors (Lipinski definition) is 1. The number of amides is 1. The van der Waals surface area contributed by atoms with Crippen molar-refractivity contribution < 1.29 is 4.79 Å². The summed E-state index contributed by atoms with van der Waals surface area (Å²) in [5.41, 5.74) is 2.91. The van der Waals surface area contributed by atoms with Crippen LogP contribution >= 0.6 is 0 Å². The Morgan fingerprint density at radius 2 is 1.82 bits per heavy atom. The van der Waals surface area contributed by atoms with Gasteiger partial charge in [-0.1, -0.05) is 30.3 Å². The topological polar surface area (TPSA) is 63.1 Å². The van der Waals surface area contributed by atoms with E-state index in [1.54, 1.807) is 6.20 Å². The first-order valence-electron chi connectivity index (χ1n) is 9.83. The van der Waals surface area contributed by atoms with E-state index >= 15 is 0 Å². The van der Waals surface area contributed by atoms with E-state index in [1.807, 2.05) is 52.3 Å². The lowest BCUT2D eigenvalue weighted by Crippen LogP contribution is -2.36. The maximum Gasteiger partial charge on any atom is 0.257 e. The number of nitrogens with zero attached hydrogens (tertiary/aromatic N) is 4. The summed E-state index contributed by atoms with van der Waals surface area (Å²) < 4.78 is 1.92. The lowest BCUT2D eigenvalue weighted by molar-refractivity contribution is 0.0725. The van der Waals surface area contributed by atoms with Crippen LogP contribution in [0.3, 0.4) is 0 Å². The van der Waals surface area contributed by atoms with Gasteiger partial charge in [0.15, 0.2) is 0 Å². The Balaban J connectivity index is 1.41. The molecule has 0 spiro atoms. The van der Waals surface area contributed by atoms with E-state index in [0.717, 1.165) is 38.0 Å². The van der Waals surface area contributed by atoms with Crippen molar-refractivity contribution in [2.45, 2.75) is 32.4 Å². The van der Waals surface area contributed by atoms with Crippen LogP contribution in [-0.2, 0) is 13.1 Å². The van der Waals surface area contributed by atoms with Crippen LogP contribution in [0.5, 0.6) is 0 Å². The van der Waals surface area contributed by atoms with E-state index in [9.17, 15) is 4.79 Å². The molecule has 3 heterocycles. The van der Waals surface area contributed by atoms with Crippen LogP contribution in [0.15, 0.2) is 61.1 Å². The maximum atomic E-state index is 12.9. The molecule has 1 saturated heterocycles. The van der Waals surface area contributed by atoms with Crippen LogP contribution in [0.4, 0.5) is 5.82 Å². The molecule has 1 aliphatic rings. The van der Waals surface area contributed by atoms with Gasteiger partial charge in [0.05, 0.1) is 18.3 Å². The van der Waals surface area contributed by atoms with Crippen LogP contribution in [-0.4, -0.2) is 38.7 Å². The number of hydrogen-bond acceptors (Lipinski definition) is 4. The average molecular weight is 375 g/mol. The third kappa shape index (κ3) is 4.39. The minimum Gasteiger partial charge on any atom is -0.365 e. The zero-order valence-electron chi connectivity index (χ0n) is 15.9. The predicted molar refractivity (Wildman–Crippen MR) is 109 cm³/mol. The number of carbonyl (C=O) groups excluding carboxylic acids is 1. The first kappa shape index (κ1) is 18.2. The van der Waals surface area contributed by atoms with E-state index in [-0.39, 0.29) is 5.91 Å². The predicted octanol–water partition coefficient (Wildman–Crippen LogP) is 3.56. The monoisotopic (exact) mass is 375 g/mol. The van der Waals surface area contributed by atoms with E-state index in [0.29, 0.717) is 17.9 Å². The Labute approximate surface area is 165 Å². The molecule has 0 bridgehead atoms. The van der Waals surface area contributed by atoms with E-state index in [1.165, 1.54) is 12.0 Å². The highest BCUT2D eigenvalue weighted by Crippen LogP contribution is 2.18. The normalized spacial score (nSPS) is 14.1. The summed E-state index contributed by atoms with van der Waals surface area (Å²) in [7, 11) is 0. The van der Waals surface area contributed by atoms with Crippen molar-refractivity contribution in [1.82, 2.24) is 19.7 Å². The van der Waals surface area contributed by atoms with Gasteiger partial charge in [-0.3, -0.25) is 9.48 Å². The van der Waals surface area contributed by atoms with Crippen LogP contribution < -0.4 is 5.32 Å². The van der Waals surface area contributed by atoms with Crippen LogP contribution in [0.25, 0.3) is 0 Å². The summed E-state index contributed by atoms with van der Waals surface area (Å²) in [5, 5.41) is 7.75. The summed E-state index contributed by atoms with van der Waals surface area (Å²) in [6.45, 7) is 2.98. The average Bonchev–Trinajstić information content (AvgIpc) is 3.20. The molecule has 28 heavy (non-hydrogen) atoms. The highest BCUT2D eigenvalue weighted by atomic mass is 16.2. The number of likely N-dealkylation sites (tertiary alicyclic amines) is 1. The number of carbonyl (C=O) groups is 1. The second-order valence-corrected chi connectivity index (χ2v) is 7.14. The van der Waals surface area contributed by atoms with Crippen molar-refractivity contribution in [2.24, 2.45) is 0 Å². The third-order valence-electron chi connectivity index (χ3n) is 5.02. The number of anilines is 1. The Bertz CT molecular complexity index is 915. The van der Waals surface area contributed by atoms with Gasteiger partial charge in [0.25, 0.3) is 5.91 Å². The molecular weight excluding hydrogens is 350 g/mol. The third-order valence-corrected chi connectivity index (χ3v) is 5.02. The number of pyridine rings is 1. The van der Waals surface area contributed by atoms with Gasteiger partial charge in [-0.2, -0.15) is 5.10 Å². The van der Waals surface area contributed by atoms with Gasteiger partial charge >= 0.3 is 0 Å². The fraction of sp³-hybridized carbons (Fsp3) is 0.318. The first-order chi connectivity index (χ1) is 13.8. The van der Waals surface area contributed by atoms with Gasteiger partial charge in [-0.15, -0.1) is 0 Å². The number of nitrogens with one attached hydrogen (secondary N) is 1. The molecule has 0 atom stereocenters. The molecule has 3 aromatic rings. The Morgan fingerprint density at radius 1 is 1.00 bits per heavy atom. The van der Waals surface area contributed by atoms with Gasteiger partial charge in [-0.25, -0.2) is 4.98 Å². The summed E-state index contributed by atoms with van der Waals surface area (Å²) in [5.74, 6) is 0.698. The molecule has 144 valence electrons. The lowest BCUT2D eigenvalue weighted by atomic mass is 10.1. The largest absolute Gasteiger partial charge is 0.365 e. The van der Waals surface area contributed by atoms with Gasteiger partial charge < -0.3 is 10.2 Å². The first-order valence-corrected chi connectivity index (χ1v) is 9.83. The second-order valence-electron chi connectivity index (χ2n) is 7.14. The molecule has 0 radical (unpaired) electrons. The fourth-order valence-electron chi connectivity index (χ4n) is 3.53. The van der Waals surface area contributed by atoms with E-state index in [2.05, 4.69) is 27.5 Å². The summed E-state index contributed by atoms with van der Waals surface area (Å²) in [4.78, 5) is 19.2. The van der Waals surface area contributed by atoms with Crippen molar-refractivity contribution >= 4 is 11.7 Å². The Hall–Kier alpha value is -3.15. The van der Waals surface area contributed by atoms with Crippen LogP contribution in [0, 0.1) is 0 Å². The lowest BCUT2D eigenvalue weighted by Gasteiger charge is -2.27. The number of aromatic nitrogens is 3. The van der Waals surface area contributed by atoms with E-state index < -0.39 is 0 Å². The molecule has 2 aromatic heterocycles. The quantitative estimate of drug-likeness (QED) is 0.715. The molecule has 0 aliphatic carbocycles. The SMILES string of the molecule is O=C(c1cccnc1NCc1cnn(Cc2ccccc2)c1)N1CCCCC1. The fourth-order valence-corrected chi connectivity index (χ4v) is 3.53. The maximum absolute atomic E-state index is 12.9. The smallest absolute Gasteiger partial charge is 0.257 e. The van der Waals surface area contributed by atoms with Gasteiger partial charge in [0, 0.05) is 37.6 Å². The number of benzene rings is 1. The molecule has 1 aliphatic heterocycles. The highest BCUT2D eigenvalue weighted by Gasteiger charge is 2.21. The molecule has 1 amide bonds. The van der Waals surface area contributed by atoms with Gasteiger partial charge in [0.2, 0.25) is 0 Å².